The van der Waals surface area contributed by atoms with Crippen LogP contribution in [0.1, 0.15) is 38.5 Å². The Morgan fingerprint density at radius 1 is 1.29 bits per heavy atom. The molecule has 1 unspecified atom stereocenters. The highest BCUT2D eigenvalue weighted by atomic mass is 16.5. The molecular weight excluding hydrogens is 180 g/mol. The van der Waals surface area contributed by atoms with Gasteiger partial charge in [-0.3, -0.25) is 0 Å². The molecule has 0 radical (unpaired) electrons. The molecular formula is C11H18O3. The Bertz CT molecular complexity index is 229. The highest BCUT2D eigenvalue weighted by Crippen LogP contribution is 2.36. The molecule has 1 aliphatic carbocycles. The fourth-order valence-corrected chi connectivity index (χ4v) is 2.29. The smallest absolute Gasteiger partial charge is 0.139 e. The van der Waals surface area contributed by atoms with Crippen molar-refractivity contribution in [3.8, 4) is 0 Å². The van der Waals surface area contributed by atoms with Crippen LogP contribution in [0.5, 0.6) is 0 Å². The van der Waals surface area contributed by atoms with Gasteiger partial charge in [-0.25, -0.2) is 0 Å². The average Bonchev–Trinajstić information content (AvgIpc) is 2.67. The SMILES string of the molecule is OC(C1=CCCCO1)C1(O)CCCC1. The van der Waals surface area contributed by atoms with Gasteiger partial charge in [-0.05, 0) is 31.8 Å². The van der Waals surface area contributed by atoms with Crippen LogP contribution in [-0.4, -0.2) is 28.5 Å². The molecule has 0 aromatic rings. The summed E-state index contributed by atoms with van der Waals surface area (Å²) in [6, 6.07) is 0. The van der Waals surface area contributed by atoms with Crippen LogP contribution in [0.3, 0.4) is 0 Å². The molecule has 0 bridgehead atoms. The number of ether oxygens (including phenoxy) is 1. The standard InChI is InChI=1S/C11H18O3/c12-10(9-5-1-4-8-14-9)11(13)6-2-3-7-11/h5,10,12-13H,1-4,6-8H2. The monoisotopic (exact) mass is 198 g/mol. The molecule has 0 amide bonds. The van der Waals surface area contributed by atoms with Crippen molar-refractivity contribution in [3.63, 3.8) is 0 Å². The van der Waals surface area contributed by atoms with Gasteiger partial charge in [0.05, 0.1) is 12.2 Å². The van der Waals surface area contributed by atoms with Gasteiger partial charge in [0.1, 0.15) is 11.9 Å². The van der Waals surface area contributed by atoms with Crippen molar-refractivity contribution in [1.29, 1.82) is 0 Å². The van der Waals surface area contributed by atoms with Crippen molar-refractivity contribution in [2.45, 2.75) is 50.2 Å². The maximum atomic E-state index is 10.1. The van der Waals surface area contributed by atoms with Gasteiger partial charge in [0.15, 0.2) is 0 Å². The number of rotatable bonds is 2. The van der Waals surface area contributed by atoms with E-state index < -0.39 is 11.7 Å². The summed E-state index contributed by atoms with van der Waals surface area (Å²) >= 11 is 0. The fraction of sp³-hybridized carbons (Fsp3) is 0.818. The molecule has 1 heterocycles. The van der Waals surface area contributed by atoms with Gasteiger partial charge in [-0.15, -0.1) is 0 Å². The third-order valence-corrected chi connectivity index (χ3v) is 3.21. The Morgan fingerprint density at radius 2 is 2.00 bits per heavy atom. The molecule has 0 aromatic heterocycles. The van der Waals surface area contributed by atoms with Crippen LogP contribution in [0, 0.1) is 0 Å². The fourth-order valence-electron chi connectivity index (χ4n) is 2.29. The molecule has 0 aromatic carbocycles. The highest BCUT2D eigenvalue weighted by Gasteiger charge is 2.41. The van der Waals surface area contributed by atoms with Crippen LogP contribution in [0.25, 0.3) is 0 Å². The summed E-state index contributed by atoms with van der Waals surface area (Å²) in [4.78, 5) is 0. The van der Waals surface area contributed by atoms with Crippen LogP contribution >= 0.6 is 0 Å². The van der Waals surface area contributed by atoms with Crippen LogP contribution in [0.4, 0.5) is 0 Å². The molecule has 1 atom stereocenters. The first-order chi connectivity index (χ1) is 6.72. The summed E-state index contributed by atoms with van der Waals surface area (Å²) in [7, 11) is 0. The predicted molar refractivity (Wildman–Crippen MR) is 52.7 cm³/mol. The zero-order valence-corrected chi connectivity index (χ0v) is 8.41. The Balaban J connectivity index is 2.05. The second kappa shape index (κ2) is 3.91. The first kappa shape index (κ1) is 9.99. The van der Waals surface area contributed by atoms with Gasteiger partial charge in [0.2, 0.25) is 0 Å². The second-order valence-corrected chi connectivity index (χ2v) is 4.31. The van der Waals surface area contributed by atoms with E-state index >= 15 is 0 Å². The minimum Gasteiger partial charge on any atom is -0.495 e. The molecule has 2 N–H and O–H groups in total. The van der Waals surface area contributed by atoms with Crippen molar-refractivity contribution in [2.75, 3.05) is 6.61 Å². The maximum absolute atomic E-state index is 10.1. The summed E-state index contributed by atoms with van der Waals surface area (Å²) in [6.45, 7) is 0.666. The van der Waals surface area contributed by atoms with E-state index in [1.54, 1.807) is 0 Å². The lowest BCUT2D eigenvalue weighted by atomic mass is 9.92. The van der Waals surface area contributed by atoms with Crippen LogP contribution < -0.4 is 0 Å². The minimum absolute atomic E-state index is 0.584. The molecule has 2 rings (SSSR count). The maximum Gasteiger partial charge on any atom is 0.139 e. The van der Waals surface area contributed by atoms with E-state index in [-0.39, 0.29) is 0 Å². The van der Waals surface area contributed by atoms with Crippen molar-refractivity contribution in [2.24, 2.45) is 0 Å². The average molecular weight is 198 g/mol. The third kappa shape index (κ3) is 1.79. The predicted octanol–water partition coefficient (Wildman–Crippen LogP) is 1.35. The van der Waals surface area contributed by atoms with E-state index in [1.807, 2.05) is 6.08 Å². The van der Waals surface area contributed by atoms with Crippen LogP contribution in [0.2, 0.25) is 0 Å². The van der Waals surface area contributed by atoms with Gasteiger partial charge < -0.3 is 14.9 Å². The van der Waals surface area contributed by atoms with Crippen molar-refractivity contribution >= 4 is 0 Å². The first-order valence-corrected chi connectivity index (χ1v) is 5.46. The number of hydrogen-bond acceptors (Lipinski definition) is 3. The van der Waals surface area contributed by atoms with E-state index in [2.05, 4.69) is 0 Å². The lowest BCUT2D eigenvalue weighted by Gasteiger charge is -2.31. The number of hydrogen-bond donors (Lipinski definition) is 2. The zero-order valence-electron chi connectivity index (χ0n) is 8.41. The third-order valence-electron chi connectivity index (χ3n) is 3.21. The second-order valence-electron chi connectivity index (χ2n) is 4.31. The van der Waals surface area contributed by atoms with Crippen molar-refractivity contribution in [1.82, 2.24) is 0 Å². The van der Waals surface area contributed by atoms with Crippen LogP contribution in [-0.2, 0) is 4.74 Å². The molecule has 0 spiro atoms. The van der Waals surface area contributed by atoms with Crippen molar-refractivity contribution in [3.05, 3.63) is 11.8 Å². The Morgan fingerprint density at radius 3 is 2.57 bits per heavy atom. The molecule has 1 saturated carbocycles. The first-order valence-electron chi connectivity index (χ1n) is 5.46. The Labute approximate surface area is 84.4 Å². The van der Waals surface area contributed by atoms with Gasteiger partial charge in [-0.1, -0.05) is 12.8 Å². The van der Waals surface area contributed by atoms with Gasteiger partial charge in [-0.2, -0.15) is 0 Å². The van der Waals surface area contributed by atoms with E-state index in [0.717, 1.165) is 25.7 Å². The van der Waals surface area contributed by atoms with Crippen LogP contribution in [0.15, 0.2) is 11.8 Å². The number of aliphatic hydroxyl groups is 2. The Kier molecular flexibility index (Phi) is 2.79. The van der Waals surface area contributed by atoms with Gasteiger partial charge >= 0.3 is 0 Å². The normalized spacial score (nSPS) is 28.0. The van der Waals surface area contributed by atoms with Gasteiger partial charge in [0.25, 0.3) is 0 Å². The zero-order chi connectivity index (χ0) is 10.0. The number of aliphatic hydroxyl groups excluding tert-OH is 1. The summed E-state index contributed by atoms with van der Waals surface area (Å²) < 4.78 is 5.37. The van der Waals surface area contributed by atoms with E-state index in [1.165, 1.54) is 0 Å². The summed E-state index contributed by atoms with van der Waals surface area (Å²) in [5.41, 5.74) is -0.927. The Hall–Kier alpha value is -0.540. The van der Waals surface area contributed by atoms with Gasteiger partial charge in [0, 0.05) is 0 Å². The highest BCUT2D eigenvalue weighted by molar-refractivity contribution is 5.10. The quantitative estimate of drug-likeness (QED) is 0.704. The lowest BCUT2D eigenvalue weighted by molar-refractivity contribution is -0.0762. The summed E-state index contributed by atoms with van der Waals surface area (Å²) in [5.74, 6) is 0.584. The largest absolute Gasteiger partial charge is 0.495 e. The molecule has 3 nitrogen and oxygen atoms in total. The van der Waals surface area contributed by atoms with Crippen molar-refractivity contribution < 1.29 is 14.9 Å². The number of allylic oxidation sites excluding steroid dienone is 1. The molecule has 0 saturated heterocycles. The molecule has 1 fully saturated rings. The van der Waals surface area contributed by atoms with E-state index in [4.69, 9.17) is 4.74 Å². The molecule has 3 heteroatoms. The summed E-state index contributed by atoms with van der Waals surface area (Å²) in [6.07, 6.45) is 6.43. The summed E-state index contributed by atoms with van der Waals surface area (Å²) in [5, 5.41) is 20.1. The molecule has 80 valence electrons. The lowest BCUT2D eigenvalue weighted by Crippen LogP contribution is -2.41. The minimum atomic E-state index is -0.927. The topological polar surface area (TPSA) is 49.7 Å². The molecule has 2 aliphatic rings. The molecule has 14 heavy (non-hydrogen) atoms. The molecule has 1 aliphatic heterocycles. The van der Waals surface area contributed by atoms with E-state index in [9.17, 15) is 10.2 Å². The van der Waals surface area contributed by atoms with E-state index in [0.29, 0.717) is 25.2 Å².